The van der Waals surface area contributed by atoms with Gasteiger partial charge in [-0.05, 0) is 12.1 Å². The summed E-state index contributed by atoms with van der Waals surface area (Å²) in [6, 6.07) is 1.52. The zero-order valence-electron chi connectivity index (χ0n) is 9.10. The monoisotopic (exact) mass is 284 g/mol. The first-order valence-electron chi connectivity index (χ1n) is 4.84. The molecule has 0 aromatic heterocycles. The summed E-state index contributed by atoms with van der Waals surface area (Å²) in [7, 11) is 0. The highest BCUT2D eigenvalue weighted by atomic mass is 19.4. The maximum atomic E-state index is 12.7. The van der Waals surface area contributed by atoms with Crippen LogP contribution in [0.2, 0.25) is 0 Å². The van der Waals surface area contributed by atoms with Gasteiger partial charge in [-0.15, -0.1) is 0 Å². The molecule has 0 fully saturated rings. The molecule has 0 N–H and O–H groups in total. The largest absolute Gasteiger partial charge is 0.426 e. The van der Waals surface area contributed by atoms with E-state index in [4.69, 9.17) is 0 Å². The molecule has 0 amide bonds. The van der Waals surface area contributed by atoms with Gasteiger partial charge in [0.25, 0.3) is 6.17 Å². The van der Waals surface area contributed by atoms with E-state index in [-0.39, 0.29) is 0 Å². The Balaban J connectivity index is 2.83. The zero-order valence-corrected chi connectivity index (χ0v) is 9.10. The van der Waals surface area contributed by atoms with Crippen molar-refractivity contribution in [3.05, 3.63) is 35.4 Å². The third-order valence-corrected chi connectivity index (χ3v) is 2.09. The molecule has 0 radical (unpaired) electrons. The van der Waals surface area contributed by atoms with Crippen LogP contribution in [0, 0.1) is 11.6 Å². The van der Waals surface area contributed by atoms with Crippen LogP contribution < -0.4 is 0 Å². The van der Waals surface area contributed by atoms with Crippen LogP contribution in [-0.4, -0.2) is 23.9 Å². The van der Waals surface area contributed by atoms with Crippen molar-refractivity contribution in [1.29, 1.82) is 0 Å². The molecule has 1 aromatic rings. The van der Waals surface area contributed by atoms with E-state index in [9.17, 15) is 35.9 Å². The van der Waals surface area contributed by atoms with Crippen molar-refractivity contribution >= 4 is 11.6 Å². The van der Waals surface area contributed by atoms with Crippen LogP contribution >= 0.6 is 0 Å². The average molecular weight is 284 g/mol. The first-order valence-corrected chi connectivity index (χ1v) is 4.84. The Kier molecular flexibility index (Phi) is 4.33. The van der Waals surface area contributed by atoms with Crippen molar-refractivity contribution < 1.29 is 35.9 Å². The molecule has 0 saturated carbocycles. The summed E-state index contributed by atoms with van der Waals surface area (Å²) in [5, 5.41) is 0. The van der Waals surface area contributed by atoms with Gasteiger partial charge in [-0.3, -0.25) is 9.59 Å². The summed E-state index contributed by atoms with van der Waals surface area (Å²) in [6.45, 7) is 0. The Morgan fingerprint density at radius 2 is 1.53 bits per heavy atom. The summed E-state index contributed by atoms with van der Waals surface area (Å²) in [6.07, 6.45) is -10.6. The van der Waals surface area contributed by atoms with E-state index < -0.39 is 47.5 Å². The molecule has 1 rings (SSSR count). The Morgan fingerprint density at radius 3 is 1.95 bits per heavy atom. The van der Waals surface area contributed by atoms with E-state index in [0.717, 1.165) is 0 Å². The van der Waals surface area contributed by atoms with Gasteiger partial charge < -0.3 is 0 Å². The van der Waals surface area contributed by atoms with Crippen molar-refractivity contribution in [3.8, 4) is 0 Å². The number of rotatable bonds is 4. The number of Topliss-reactive ketones (excluding diaryl/α,β-unsaturated/α-hetero) is 2. The van der Waals surface area contributed by atoms with Crippen LogP contribution in [0.3, 0.4) is 0 Å². The number of halogens is 6. The summed E-state index contributed by atoms with van der Waals surface area (Å²) in [4.78, 5) is 22.1. The van der Waals surface area contributed by atoms with Gasteiger partial charge in [-0.25, -0.2) is 13.2 Å². The molecular weight excluding hydrogens is 278 g/mol. The van der Waals surface area contributed by atoms with Gasteiger partial charge in [0, 0.05) is 11.6 Å². The Bertz CT molecular complexity index is 488. The lowest BCUT2D eigenvalue weighted by Crippen LogP contribution is -2.33. The van der Waals surface area contributed by atoms with E-state index >= 15 is 0 Å². The lowest BCUT2D eigenvalue weighted by atomic mass is 10.0. The molecule has 0 spiro atoms. The summed E-state index contributed by atoms with van der Waals surface area (Å²) < 4.78 is 73.6. The van der Waals surface area contributed by atoms with Gasteiger partial charge in [0.2, 0.25) is 0 Å². The second-order valence-corrected chi connectivity index (χ2v) is 3.63. The Morgan fingerprint density at radius 1 is 1.05 bits per heavy atom. The topological polar surface area (TPSA) is 34.1 Å². The fourth-order valence-electron chi connectivity index (χ4n) is 1.25. The standard InChI is InChI=1S/C11H6F6O2/c12-6-1-5(2-7(13)3-6)8(18)4-9(19)10(14)11(15,16)17/h1-3,10H,4H2. The van der Waals surface area contributed by atoms with Crippen LogP contribution in [0.1, 0.15) is 16.8 Å². The summed E-state index contributed by atoms with van der Waals surface area (Å²) in [5.74, 6) is -5.58. The maximum absolute atomic E-state index is 12.7. The number of ketones is 2. The second-order valence-electron chi connectivity index (χ2n) is 3.63. The normalized spacial score (nSPS) is 13.2. The molecule has 1 aromatic carbocycles. The van der Waals surface area contributed by atoms with Gasteiger partial charge in [-0.2, -0.15) is 13.2 Å². The highest BCUT2D eigenvalue weighted by Crippen LogP contribution is 2.25. The molecule has 0 heterocycles. The van der Waals surface area contributed by atoms with E-state index in [1.54, 1.807) is 0 Å². The number of alkyl halides is 4. The smallest absolute Gasteiger partial charge is 0.296 e. The van der Waals surface area contributed by atoms with Crippen molar-refractivity contribution in [1.82, 2.24) is 0 Å². The van der Waals surface area contributed by atoms with Crippen molar-refractivity contribution in [2.24, 2.45) is 0 Å². The average Bonchev–Trinajstić information content (AvgIpc) is 2.25. The Hall–Kier alpha value is -1.86. The molecule has 2 nitrogen and oxygen atoms in total. The van der Waals surface area contributed by atoms with Crippen LogP contribution in [-0.2, 0) is 4.79 Å². The molecule has 104 valence electrons. The molecule has 1 atom stereocenters. The third kappa shape index (κ3) is 4.08. The highest BCUT2D eigenvalue weighted by Gasteiger charge is 2.45. The number of hydrogen-bond donors (Lipinski definition) is 0. The number of carbonyl (C=O) groups excluding carboxylic acids is 2. The quantitative estimate of drug-likeness (QED) is 0.484. The van der Waals surface area contributed by atoms with Gasteiger partial charge in [0.1, 0.15) is 11.6 Å². The van der Waals surface area contributed by atoms with Gasteiger partial charge >= 0.3 is 6.18 Å². The van der Waals surface area contributed by atoms with Crippen LogP contribution in [0.5, 0.6) is 0 Å². The predicted octanol–water partition coefficient (Wildman–Crippen LogP) is 3.01. The minimum absolute atomic E-state index is 0.437. The summed E-state index contributed by atoms with van der Waals surface area (Å²) >= 11 is 0. The molecule has 0 aliphatic carbocycles. The van der Waals surface area contributed by atoms with Crippen molar-refractivity contribution in [2.75, 3.05) is 0 Å². The number of benzene rings is 1. The minimum Gasteiger partial charge on any atom is -0.296 e. The van der Waals surface area contributed by atoms with Crippen LogP contribution in [0.15, 0.2) is 18.2 Å². The van der Waals surface area contributed by atoms with E-state index in [1.807, 2.05) is 0 Å². The Labute approximate surface area is 103 Å². The molecular formula is C11H6F6O2. The molecule has 0 aliphatic heterocycles. The first-order chi connectivity index (χ1) is 8.61. The van der Waals surface area contributed by atoms with E-state index in [1.165, 1.54) is 0 Å². The summed E-state index contributed by atoms with van der Waals surface area (Å²) in [5.41, 5.74) is -0.639. The number of hydrogen-bond acceptors (Lipinski definition) is 2. The molecule has 1 unspecified atom stereocenters. The van der Waals surface area contributed by atoms with Gasteiger partial charge in [0.05, 0.1) is 6.42 Å². The van der Waals surface area contributed by atoms with Crippen LogP contribution in [0.4, 0.5) is 26.3 Å². The molecule has 8 heteroatoms. The molecule has 0 saturated heterocycles. The predicted molar refractivity (Wildman–Crippen MR) is 51.3 cm³/mol. The van der Waals surface area contributed by atoms with E-state index in [0.29, 0.717) is 18.2 Å². The van der Waals surface area contributed by atoms with Crippen LogP contribution in [0.25, 0.3) is 0 Å². The van der Waals surface area contributed by atoms with Gasteiger partial charge in [0.15, 0.2) is 11.6 Å². The SMILES string of the molecule is O=C(CC(=O)C(F)C(F)(F)F)c1cc(F)cc(F)c1. The fraction of sp³-hybridized carbons (Fsp3) is 0.273. The van der Waals surface area contributed by atoms with E-state index in [2.05, 4.69) is 0 Å². The lowest BCUT2D eigenvalue weighted by molar-refractivity contribution is -0.185. The number of carbonyl (C=O) groups is 2. The zero-order chi connectivity index (χ0) is 14.8. The molecule has 19 heavy (non-hydrogen) atoms. The van der Waals surface area contributed by atoms with Crippen molar-refractivity contribution in [3.63, 3.8) is 0 Å². The highest BCUT2D eigenvalue weighted by molar-refractivity contribution is 6.09. The first kappa shape index (κ1) is 15.2. The maximum Gasteiger partial charge on any atom is 0.426 e. The fourth-order valence-corrected chi connectivity index (χ4v) is 1.25. The molecule has 0 bridgehead atoms. The molecule has 0 aliphatic rings. The lowest BCUT2D eigenvalue weighted by Gasteiger charge is -2.10. The van der Waals surface area contributed by atoms with Gasteiger partial charge in [-0.1, -0.05) is 0 Å². The second kappa shape index (κ2) is 5.41. The third-order valence-electron chi connectivity index (χ3n) is 2.09. The minimum atomic E-state index is -5.41. The van der Waals surface area contributed by atoms with Crippen molar-refractivity contribution in [2.45, 2.75) is 18.8 Å².